The summed E-state index contributed by atoms with van der Waals surface area (Å²) >= 11 is 0. The molecular weight excluding hydrogens is 212 g/mol. The molecule has 0 aliphatic heterocycles. The molecule has 1 rings (SSSR count). The third-order valence-corrected chi connectivity index (χ3v) is 3.13. The highest BCUT2D eigenvalue weighted by molar-refractivity contribution is 7.90. The van der Waals surface area contributed by atoms with Gasteiger partial charge in [0.1, 0.15) is 15.7 Å². The van der Waals surface area contributed by atoms with Crippen LogP contribution in [0.3, 0.4) is 0 Å². The first-order valence-corrected chi connectivity index (χ1v) is 6.83. The van der Waals surface area contributed by atoms with Crippen LogP contribution >= 0.6 is 0 Å². The van der Waals surface area contributed by atoms with Gasteiger partial charge in [-0.15, -0.1) is 0 Å². The van der Waals surface area contributed by atoms with Crippen molar-refractivity contribution in [3.63, 3.8) is 0 Å². The topological polar surface area (TPSA) is 73.0 Å². The van der Waals surface area contributed by atoms with Crippen molar-refractivity contribution in [2.75, 3.05) is 17.7 Å². The third-order valence-electron chi connectivity index (χ3n) is 2.10. The average molecular weight is 228 g/mol. The van der Waals surface area contributed by atoms with Gasteiger partial charge in [0.15, 0.2) is 0 Å². The fourth-order valence-corrected chi connectivity index (χ4v) is 2.03. The standard InChI is InChI=1S/C10H16N2O2S/c1-8-6-9(10(11)12-7-8)4-3-5-15(2,13)14/h6-7H,3-5H2,1-2H3,(H2,11,12). The van der Waals surface area contributed by atoms with Crippen LogP contribution < -0.4 is 5.73 Å². The highest BCUT2D eigenvalue weighted by atomic mass is 32.2. The number of aryl methyl sites for hydroxylation is 2. The van der Waals surface area contributed by atoms with Gasteiger partial charge in [-0.2, -0.15) is 0 Å². The number of nitrogens with two attached hydrogens (primary N) is 1. The van der Waals surface area contributed by atoms with Crippen molar-refractivity contribution in [3.8, 4) is 0 Å². The molecule has 0 atom stereocenters. The number of pyridine rings is 1. The Hall–Kier alpha value is -1.10. The maximum atomic E-state index is 10.9. The molecule has 0 aliphatic rings. The highest BCUT2D eigenvalue weighted by Gasteiger charge is 2.05. The van der Waals surface area contributed by atoms with Gasteiger partial charge < -0.3 is 5.73 Å². The van der Waals surface area contributed by atoms with E-state index in [9.17, 15) is 8.42 Å². The van der Waals surface area contributed by atoms with Gasteiger partial charge in [-0.25, -0.2) is 13.4 Å². The van der Waals surface area contributed by atoms with E-state index in [4.69, 9.17) is 5.73 Å². The lowest BCUT2D eigenvalue weighted by Gasteiger charge is -2.05. The van der Waals surface area contributed by atoms with E-state index in [-0.39, 0.29) is 5.75 Å². The molecule has 1 heterocycles. The number of nitrogen functional groups attached to an aromatic ring is 1. The normalized spacial score (nSPS) is 11.6. The summed E-state index contributed by atoms with van der Waals surface area (Å²) in [4.78, 5) is 4.02. The zero-order chi connectivity index (χ0) is 11.5. The molecule has 0 saturated carbocycles. The predicted molar refractivity (Wildman–Crippen MR) is 61.4 cm³/mol. The zero-order valence-electron chi connectivity index (χ0n) is 9.03. The van der Waals surface area contributed by atoms with Crippen molar-refractivity contribution < 1.29 is 8.42 Å². The summed E-state index contributed by atoms with van der Waals surface area (Å²) in [6.07, 6.45) is 4.20. The van der Waals surface area contributed by atoms with Crippen LogP contribution in [0, 0.1) is 6.92 Å². The zero-order valence-corrected chi connectivity index (χ0v) is 9.84. The molecule has 0 aromatic carbocycles. The molecule has 84 valence electrons. The number of hydrogen-bond donors (Lipinski definition) is 1. The van der Waals surface area contributed by atoms with E-state index >= 15 is 0 Å². The Morgan fingerprint density at radius 2 is 2.13 bits per heavy atom. The summed E-state index contributed by atoms with van der Waals surface area (Å²) in [6, 6.07) is 1.95. The molecule has 0 saturated heterocycles. The van der Waals surface area contributed by atoms with Crippen LogP contribution in [-0.4, -0.2) is 25.4 Å². The summed E-state index contributed by atoms with van der Waals surface area (Å²) in [5.74, 6) is 0.689. The lowest BCUT2D eigenvalue weighted by atomic mass is 10.1. The van der Waals surface area contributed by atoms with Crippen LogP contribution in [0.1, 0.15) is 17.5 Å². The Bertz CT molecular complexity index is 441. The molecule has 5 heteroatoms. The van der Waals surface area contributed by atoms with Gasteiger partial charge >= 0.3 is 0 Å². The summed E-state index contributed by atoms with van der Waals surface area (Å²) < 4.78 is 21.9. The molecule has 1 aromatic rings. The molecule has 0 radical (unpaired) electrons. The summed E-state index contributed by atoms with van der Waals surface area (Å²) in [6.45, 7) is 1.94. The van der Waals surface area contributed by atoms with E-state index in [1.54, 1.807) is 6.20 Å². The number of rotatable bonds is 4. The minimum atomic E-state index is -2.88. The Morgan fingerprint density at radius 3 is 2.73 bits per heavy atom. The Labute approximate surface area is 90.4 Å². The lowest BCUT2D eigenvalue weighted by molar-refractivity contribution is 0.599. The maximum absolute atomic E-state index is 10.9. The predicted octanol–water partition coefficient (Wildman–Crippen LogP) is 0.949. The molecule has 0 bridgehead atoms. The molecule has 4 nitrogen and oxygen atoms in total. The van der Waals surface area contributed by atoms with Crippen LogP contribution in [-0.2, 0) is 16.3 Å². The van der Waals surface area contributed by atoms with Crippen molar-refractivity contribution in [1.29, 1.82) is 0 Å². The first kappa shape index (κ1) is 12.0. The van der Waals surface area contributed by atoms with E-state index in [1.165, 1.54) is 6.26 Å². The fourth-order valence-electron chi connectivity index (χ4n) is 1.37. The van der Waals surface area contributed by atoms with Crippen molar-refractivity contribution in [2.45, 2.75) is 19.8 Å². The molecule has 0 unspecified atom stereocenters. The first-order chi connectivity index (χ1) is 6.88. The van der Waals surface area contributed by atoms with Gasteiger partial charge in [0.25, 0.3) is 0 Å². The molecule has 0 aliphatic carbocycles. The number of aromatic nitrogens is 1. The van der Waals surface area contributed by atoms with Crippen LogP contribution in [0.2, 0.25) is 0 Å². The number of nitrogens with zero attached hydrogens (tertiary/aromatic N) is 1. The number of hydrogen-bond acceptors (Lipinski definition) is 4. The van der Waals surface area contributed by atoms with Crippen LogP contribution in [0.15, 0.2) is 12.3 Å². The average Bonchev–Trinajstić information content (AvgIpc) is 2.09. The Morgan fingerprint density at radius 1 is 1.47 bits per heavy atom. The second-order valence-electron chi connectivity index (χ2n) is 3.79. The maximum Gasteiger partial charge on any atom is 0.147 e. The quantitative estimate of drug-likeness (QED) is 0.832. The van der Waals surface area contributed by atoms with E-state index in [0.29, 0.717) is 18.7 Å². The number of sulfone groups is 1. The van der Waals surface area contributed by atoms with Crippen molar-refractivity contribution in [1.82, 2.24) is 4.98 Å². The minimum Gasteiger partial charge on any atom is -0.383 e. The first-order valence-electron chi connectivity index (χ1n) is 4.77. The van der Waals surface area contributed by atoms with E-state index in [2.05, 4.69) is 4.98 Å². The van der Waals surface area contributed by atoms with E-state index < -0.39 is 9.84 Å². The van der Waals surface area contributed by atoms with Crippen molar-refractivity contribution >= 4 is 15.7 Å². The molecule has 0 spiro atoms. The number of anilines is 1. The fraction of sp³-hybridized carbons (Fsp3) is 0.500. The van der Waals surface area contributed by atoms with Gasteiger partial charge in [-0.3, -0.25) is 0 Å². The van der Waals surface area contributed by atoms with Crippen molar-refractivity contribution in [2.24, 2.45) is 0 Å². The largest absolute Gasteiger partial charge is 0.383 e. The van der Waals surface area contributed by atoms with E-state index in [0.717, 1.165) is 11.1 Å². The Kier molecular flexibility index (Phi) is 3.68. The SMILES string of the molecule is Cc1cnc(N)c(CCCS(C)(=O)=O)c1. The highest BCUT2D eigenvalue weighted by Crippen LogP contribution is 2.12. The lowest BCUT2D eigenvalue weighted by Crippen LogP contribution is -2.05. The van der Waals surface area contributed by atoms with Gasteiger partial charge in [-0.1, -0.05) is 6.07 Å². The van der Waals surface area contributed by atoms with Gasteiger partial charge in [0.2, 0.25) is 0 Å². The molecule has 0 amide bonds. The molecular formula is C10H16N2O2S. The smallest absolute Gasteiger partial charge is 0.147 e. The van der Waals surface area contributed by atoms with Crippen LogP contribution in [0.4, 0.5) is 5.82 Å². The summed E-state index contributed by atoms with van der Waals surface area (Å²) in [7, 11) is -2.88. The molecule has 0 fully saturated rings. The monoisotopic (exact) mass is 228 g/mol. The van der Waals surface area contributed by atoms with E-state index in [1.807, 2.05) is 13.0 Å². The summed E-state index contributed by atoms with van der Waals surface area (Å²) in [5.41, 5.74) is 7.65. The summed E-state index contributed by atoms with van der Waals surface area (Å²) in [5, 5.41) is 0. The van der Waals surface area contributed by atoms with Gasteiger partial charge in [0.05, 0.1) is 5.75 Å². The second-order valence-corrected chi connectivity index (χ2v) is 6.05. The van der Waals surface area contributed by atoms with Crippen molar-refractivity contribution in [3.05, 3.63) is 23.4 Å². The minimum absolute atomic E-state index is 0.195. The second kappa shape index (κ2) is 4.61. The van der Waals surface area contributed by atoms with Gasteiger partial charge in [0, 0.05) is 12.5 Å². The molecule has 1 aromatic heterocycles. The van der Waals surface area contributed by atoms with Gasteiger partial charge in [-0.05, 0) is 30.9 Å². The van der Waals surface area contributed by atoms with Crippen LogP contribution in [0.25, 0.3) is 0 Å². The molecule has 2 N–H and O–H groups in total. The Balaban J connectivity index is 2.61. The molecule has 15 heavy (non-hydrogen) atoms. The van der Waals surface area contributed by atoms with Crippen LogP contribution in [0.5, 0.6) is 0 Å². The third kappa shape index (κ3) is 4.29.